The molecular weight excluding hydrogens is 877 g/mol. The molecule has 0 radical (unpaired) electrons. The van der Waals surface area contributed by atoms with E-state index in [9.17, 15) is 0 Å². The lowest BCUT2D eigenvalue weighted by atomic mass is 9.82. The van der Waals surface area contributed by atoms with E-state index < -0.39 is 0 Å². The summed E-state index contributed by atoms with van der Waals surface area (Å²) in [6.45, 7) is 9.38. The largest absolute Gasteiger partial charge is 0.456 e. The van der Waals surface area contributed by atoms with E-state index >= 15 is 0 Å². The molecule has 13 aromatic rings. The zero-order valence-electron chi connectivity index (χ0n) is 40.5. The van der Waals surface area contributed by atoms with Crippen LogP contribution in [-0.4, -0.2) is 0 Å². The van der Waals surface area contributed by atoms with Gasteiger partial charge in [0.1, 0.15) is 22.3 Å². The molecule has 0 atom stereocenters. The molecule has 11 aromatic carbocycles. The van der Waals surface area contributed by atoms with Crippen molar-refractivity contribution in [2.75, 3.05) is 9.80 Å². The average molecular weight is 925 g/mol. The highest BCUT2D eigenvalue weighted by Crippen LogP contribution is 2.53. The highest BCUT2D eigenvalue weighted by Gasteiger charge is 2.37. The molecule has 4 nitrogen and oxygen atoms in total. The van der Waals surface area contributed by atoms with Gasteiger partial charge in [0.2, 0.25) is 0 Å². The van der Waals surface area contributed by atoms with Crippen molar-refractivity contribution in [2.45, 2.75) is 38.5 Å². The van der Waals surface area contributed by atoms with Crippen LogP contribution in [0.1, 0.15) is 49.9 Å². The first-order chi connectivity index (χ1) is 35.2. The van der Waals surface area contributed by atoms with Crippen molar-refractivity contribution in [2.24, 2.45) is 0 Å². The first-order valence-corrected chi connectivity index (χ1v) is 25.1. The van der Waals surface area contributed by atoms with Crippen molar-refractivity contribution in [1.29, 1.82) is 0 Å². The topological polar surface area (TPSA) is 32.8 Å². The van der Waals surface area contributed by atoms with Crippen LogP contribution in [0.5, 0.6) is 0 Å². The van der Waals surface area contributed by atoms with E-state index in [1.807, 2.05) is 0 Å². The average Bonchev–Trinajstić information content (AvgIpc) is 4.09. The molecule has 0 fully saturated rings. The van der Waals surface area contributed by atoms with Gasteiger partial charge in [-0.2, -0.15) is 0 Å². The molecule has 0 saturated carbocycles. The molecule has 2 heterocycles. The third-order valence-electron chi connectivity index (χ3n) is 16.1. The molecule has 0 amide bonds. The number of fused-ring (bicyclic) bond motifs is 15. The Morgan fingerprint density at radius 3 is 1.10 bits per heavy atom. The zero-order valence-corrected chi connectivity index (χ0v) is 40.5. The number of anilines is 6. The standard InChI is InChI=1S/C68H48N2O2/c1-67(2)57-21-13-11-19-51(57)53-29-27-49(39-59(53)67)69(45-15-7-5-8-16-45)47-25-23-41-35-55-63(37-43(41)33-47)71-61-31-32-62-66(65(55)61)56-36-42-24-26-48(34-44(42)38-64(56)72-62)70(46-17-9-6-10-18-46)50-28-30-54-52-20-12-14-22-58(52)68(3,4)60(54)40-50/h5-40H,1-4H3. The summed E-state index contributed by atoms with van der Waals surface area (Å²) in [6.07, 6.45) is 0. The summed E-state index contributed by atoms with van der Waals surface area (Å²) in [6, 6.07) is 79.8. The van der Waals surface area contributed by atoms with Crippen LogP contribution in [0.4, 0.5) is 34.1 Å². The number of benzene rings is 11. The first-order valence-electron chi connectivity index (χ1n) is 25.1. The van der Waals surface area contributed by atoms with E-state index in [1.165, 1.54) is 44.5 Å². The Hall–Kier alpha value is -8.86. The Balaban J connectivity index is 0.832. The molecule has 0 spiro atoms. The Morgan fingerprint density at radius 2 is 0.653 bits per heavy atom. The molecule has 15 rings (SSSR count). The van der Waals surface area contributed by atoms with Gasteiger partial charge in [-0.05, 0) is 175 Å². The smallest absolute Gasteiger partial charge is 0.136 e. The van der Waals surface area contributed by atoms with Crippen LogP contribution in [0, 0.1) is 0 Å². The van der Waals surface area contributed by atoms with Gasteiger partial charge >= 0.3 is 0 Å². The SMILES string of the molecule is CC1(C)c2ccccc2-c2ccc(N(c3ccccc3)c3ccc4cc5c(cc4c3)oc3ccc4oc6cc7cc(N(c8ccccc8)c8ccc9c(c8)C(C)(C)c8ccccc8-9)ccc7cc6c4c35)cc21. The lowest BCUT2D eigenvalue weighted by Crippen LogP contribution is -2.16. The lowest BCUT2D eigenvalue weighted by Gasteiger charge is -2.28. The van der Waals surface area contributed by atoms with E-state index in [-0.39, 0.29) is 10.8 Å². The second-order valence-electron chi connectivity index (χ2n) is 20.9. The summed E-state index contributed by atoms with van der Waals surface area (Å²) in [7, 11) is 0. The fourth-order valence-corrected chi connectivity index (χ4v) is 12.6. The molecule has 0 N–H and O–H groups in total. The second kappa shape index (κ2) is 14.8. The Labute approximate surface area is 417 Å². The van der Waals surface area contributed by atoms with E-state index in [0.717, 1.165) is 99.5 Å². The fraction of sp³-hybridized carbons (Fsp3) is 0.0882. The number of rotatable bonds is 6. The van der Waals surface area contributed by atoms with Crippen LogP contribution >= 0.6 is 0 Å². The molecule has 0 saturated heterocycles. The van der Waals surface area contributed by atoms with Crippen molar-refractivity contribution in [3.8, 4) is 22.3 Å². The predicted octanol–water partition coefficient (Wildman–Crippen LogP) is 19.3. The molecule has 0 bridgehead atoms. The second-order valence-corrected chi connectivity index (χ2v) is 20.9. The molecule has 2 aliphatic rings. The fourth-order valence-electron chi connectivity index (χ4n) is 12.6. The number of nitrogens with zero attached hydrogens (tertiary/aromatic N) is 2. The number of furan rings is 2. The third-order valence-corrected chi connectivity index (χ3v) is 16.1. The van der Waals surface area contributed by atoms with Gasteiger partial charge in [-0.3, -0.25) is 0 Å². The first kappa shape index (κ1) is 41.0. The summed E-state index contributed by atoms with van der Waals surface area (Å²) < 4.78 is 13.5. The van der Waals surface area contributed by atoms with Gasteiger partial charge in [-0.15, -0.1) is 0 Å². The van der Waals surface area contributed by atoms with Gasteiger partial charge in [-0.1, -0.05) is 137 Å². The summed E-state index contributed by atoms with van der Waals surface area (Å²) >= 11 is 0. The van der Waals surface area contributed by atoms with Gasteiger partial charge in [0, 0.05) is 66.5 Å². The lowest BCUT2D eigenvalue weighted by molar-refractivity contribution is 0.660. The van der Waals surface area contributed by atoms with Crippen LogP contribution in [-0.2, 0) is 10.8 Å². The minimum atomic E-state index is -0.108. The molecular formula is C68H48N2O2. The van der Waals surface area contributed by atoms with Crippen LogP contribution in [0.2, 0.25) is 0 Å². The quantitative estimate of drug-likeness (QED) is 0.166. The number of hydrogen-bond acceptors (Lipinski definition) is 4. The summed E-state index contributed by atoms with van der Waals surface area (Å²) in [4.78, 5) is 4.75. The van der Waals surface area contributed by atoms with Gasteiger partial charge in [0.25, 0.3) is 0 Å². The van der Waals surface area contributed by atoms with E-state index in [1.54, 1.807) is 0 Å². The van der Waals surface area contributed by atoms with Crippen molar-refractivity contribution in [3.05, 3.63) is 241 Å². The minimum absolute atomic E-state index is 0.108. The van der Waals surface area contributed by atoms with Gasteiger partial charge in [0.15, 0.2) is 0 Å². The minimum Gasteiger partial charge on any atom is -0.456 e. The van der Waals surface area contributed by atoms with Crippen LogP contribution in [0.3, 0.4) is 0 Å². The van der Waals surface area contributed by atoms with E-state index in [0.29, 0.717) is 0 Å². The molecule has 2 aliphatic carbocycles. The van der Waals surface area contributed by atoms with Gasteiger partial charge in [0.05, 0.1) is 0 Å². The monoisotopic (exact) mass is 924 g/mol. The van der Waals surface area contributed by atoms with Gasteiger partial charge in [-0.25, -0.2) is 0 Å². The number of hydrogen-bond donors (Lipinski definition) is 0. The van der Waals surface area contributed by atoms with Crippen LogP contribution in [0.25, 0.3) is 87.7 Å². The molecule has 0 unspecified atom stereocenters. The normalized spacial score (nSPS) is 14.1. The number of para-hydroxylation sites is 2. The zero-order chi connectivity index (χ0) is 48.0. The van der Waals surface area contributed by atoms with E-state index in [4.69, 9.17) is 8.83 Å². The van der Waals surface area contributed by atoms with Crippen molar-refractivity contribution >= 4 is 99.5 Å². The third kappa shape index (κ3) is 5.87. The molecule has 4 heteroatoms. The predicted molar refractivity (Wildman–Crippen MR) is 301 cm³/mol. The van der Waals surface area contributed by atoms with Crippen LogP contribution in [0.15, 0.2) is 227 Å². The highest BCUT2D eigenvalue weighted by molar-refractivity contribution is 6.28. The molecule has 342 valence electrons. The summed E-state index contributed by atoms with van der Waals surface area (Å²) in [5.74, 6) is 0. The van der Waals surface area contributed by atoms with E-state index in [2.05, 4.69) is 256 Å². The molecule has 0 aliphatic heterocycles. The van der Waals surface area contributed by atoms with Crippen molar-refractivity contribution in [3.63, 3.8) is 0 Å². The summed E-state index contributed by atoms with van der Waals surface area (Å²) in [5, 5.41) is 8.83. The summed E-state index contributed by atoms with van der Waals surface area (Å²) in [5.41, 5.74) is 20.6. The maximum Gasteiger partial charge on any atom is 0.136 e. The van der Waals surface area contributed by atoms with Crippen molar-refractivity contribution < 1.29 is 8.83 Å². The molecule has 72 heavy (non-hydrogen) atoms. The highest BCUT2D eigenvalue weighted by atomic mass is 16.3. The van der Waals surface area contributed by atoms with Crippen LogP contribution < -0.4 is 9.80 Å². The molecule has 2 aromatic heterocycles. The Bertz CT molecular complexity index is 4120. The Morgan fingerprint density at radius 1 is 0.278 bits per heavy atom. The maximum absolute atomic E-state index is 6.77. The Kier molecular flexibility index (Phi) is 8.44. The van der Waals surface area contributed by atoms with Crippen molar-refractivity contribution in [1.82, 2.24) is 0 Å². The maximum atomic E-state index is 6.77. The van der Waals surface area contributed by atoms with Gasteiger partial charge < -0.3 is 18.6 Å².